The molecule has 34 heavy (non-hydrogen) atoms. The van der Waals surface area contributed by atoms with E-state index in [4.69, 9.17) is 9.47 Å². The molecule has 0 atom stereocenters. The molecule has 11 nitrogen and oxygen atoms in total. The molecule has 0 spiro atoms. The van der Waals surface area contributed by atoms with Crippen molar-refractivity contribution in [1.82, 2.24) is 14.3 Å². The number of hydrogen-bond donors (Lipinski definition) is 0. The van der Waals surface area contributed by atoms with Gasteiger partial charge in [-0.15, -0.1) is 0 Å². The summed E-state index contributed by atoms with van der Waals surface area (Å²) in [6, 6.07) is 8.45. The van der Waals surface area contributed by atoms with Crippen LogP contribution >= 0.6 is 0 Å². The van der Waals surface area contributed by atoms with Crippen LogP contribution in [0.25, 0.3) is 5.69 Å². The summed E-state index contributed by atoms with van der Waals surface area (Å²) >= 11 is 0. The molecule has 11 heteroatoms. The number of esters is 2. The maximum atomic E-state index is 12.8. The van der Waals surface area contributed by atoms with E-state index in [0.29, 0.717) is 16.8 Å². The Morgan fingerprint density at radius 2 is 1.71 bits per heavy atom. The molecule has 0 aliphatic rings. The first-order chi connectivity index (χ1) is 16.0. The summed E-state index contributed by atoms with van der Waals surface area (Å²) < 4.78 is 12.9. The Morgan fingerprint density at radius 3 is 2.26 bits per heavy atom. The van der Waals surface area contributed by atoms with Gasteiger partial charge in [-0.3, -0.25) is 24.4 Å². The van der Waals surface area contributed by atoms with Crippen molar-refractivity contribution in [2.24, 2.45) is 0 Å². The molecule has 3 rings (SSSR count). The van der Waals surface area contributed by atoms with Crippen molar-refractivity contribution in [2.45, 2.75) is 34.2 Å². The number of hydrogen-bond acceptors (Lipinski definition) is 8. The summed E-state index contributed by atoms with van der Waals surface area (Å²) in [4.78, 5) is 47.2. The van der Waals surface area contributed by atoms with E-state index in [1.165, 1.54) is 25.6 Å². The SMILES string of the molecule is COC(=O)c1ccc(-n2c(C)cc(C(=O)COC(=O)Cn3nc(C)c([N+](=O)[O-])c3C)c2C)cc1. The van der Waals surface area contributed by atoms with Gasteiger partial charge < -0.3 is 14.0 Å². The molecule has 0 fully saturated rings. The van der Waals surface area contributed by atoms with Gasteiger partial charge in [0.15, 0.2) is 6.61 Å². The zero-order valence-corrected chi connectivity index (χ0v) is 19.4. The number of nitro groups is 1. The highest BCUT2D eigenvalue weighted by molar-refractivity contribution is 5.99. The van der Waals surface area contributed by atoms with E-state index in [-0.39, 0.29) is 23.6 Å². The fourth-order valence-electron chi connectivity index (χ4n) is 3.80. The number of ether oxygens (including phenoxy) is 2. The molecule has 0 saturated carbocycles. The first-order valence-electron chi connectivity index (χ1n) is 10.3. The van der Waals surface area contributed by atoms with Crippen molar-refractivity contribution in [2.75, 3.05) is 13.7 Å². The monoisotopic (exact) mass is 468 g/mol. The van der Waals surface area contributed by atoms with Crippen LogP contribution in [0.5, 0.6) is 0 Å². The second-order valence-corrected chi connectivity index (χ2v) is 7.68. The molecule has 0 N–H and O–H groups in total. The maximum Gasteiger partial charge on any atom is 0.337 e. The van der Waals surface area contributed by atoms with Crippen molar-refractivity contribution in [3.05, 3.63) is 74.3 Å². The average Bonchev–Trinajstić information content (AvgIpc) is 3.25. The number of rotatable bonds is 8. The number of methoxy groups -OCH3 is 1. The van der Waals surface area contributed by atoms with Gasteiger partial charge in [0.05, 0.1) is 17.6 Å². The maximum absolute atomic E-state index is 12.8. The number of ketones is 1. The standard InChI is InChI=1S/C23H24N4O7/c1-13-10-19(15(3)26(13)18-8-6-17(7-9-18)23(30)33-5)20(28)12-34-21(29)11-25-16(4)22(27(31)32)14(2)24-25/h6-10H,11-12H2,1-5H3. The van der Waals surface area contributed by atoms with Gasteiger partial charge in [-0.25, -0.2) is 4.79 Å². The molecule has 2 aromatic heterocycles. The number of aryl methyl sites for hydroxylation is 2. The molecule has 0 radical (unpaired) electrons. The molecule has 0 bridgehead atoms. The first-order valence-corrected chi connectivity index (χ1v) is 10.3. The third kappa shape index (κ3) is 4.72. The molecule has 2 heterocycles. The summed E-state index contributed by atoms with van der Waals surface area (Å²) in [5, 5.41) is 15.1. The molecular weight excluding hydrogens is 444 g/mol. The number of nitrogens with zero attached hydrogens (tertiary/aromatic N) is 4. The fourth-order valence-corrected chi connectivity index (χ4v) is 3.80. The Kier molecular flexibility index (Phi) is 6.94. The van der Waals surface area contributed by atoms with E-state index < -0.39 is 29.3 Å². The van der Waals surface area contributed by atoms with Crippen LogP contribution in [0.2, 0.25) is 0 Å². The van der Waals surface area contributed by atoms with E-state index in [9.17, 15) is 24.5 Å². The largest absolute Gasteiger partial charge is 0.465 e. The van der Waals surface area contributed by atoms with Crippen molar-refractivity contribution in [3.63, 3.8) is 0 Å². The van der Waals surface area contributed by atoms with Gasteiger partial charge in [0.25, 0.3) is 0 Å². The molecule has 0 aliphatic heterocycles. The van der Waals surface area contributed by atoms with Crippen LogP contribution in [-0.4, -0.2) is 50.7 Å². The molecule has 178 valence electrons. The van der Waals surface area contributed by atoms with Crippen LogP contribution in [0.3, 0.4) is 0 Å². The molecular formula is C23H24N4O7. The number of aromatic nitrogens is 3. The second-order valence-electron chi connectivity index (χ2n) is 7.68. The lowest BCUT2D eigenvalue weighted by Crippen LogP contribution is -2.20. The molecule has 1 aromatic carbocycles. The summed E-state index contributed by atoms with van der Waals surface area (Å²) in [7, 11) is 1.31. The Bertz CT molecular complexity index is 1290. The topological polar surface area (TPSA) is 136 Å². The average molecular weight is 468 g/mol. The van der Waals surface area contributed by atoms with Crippen molar-refractivity contribution in [3.8, 4) is 5.69 Å². The van der Waals surface area contributed by atoms with Crippen molar-refractivity contribution >= 4 is 23.4 Å². The lowest BCUT2D eigenvalue weighted by molar-refractivity contribution is -0.386. The van der Waals surface area contributed by atoms with E-state index in [0.717, 1.165) is 11.4 Å². The van der Waals surface area contributed by atoms with Crippen LogP contribution in [0.4, 0.5) is 5.69 Å². The Labute approximate surface area is 195 Å². The van der Waals surface area contributed by atoms with E-state index in [2.05, 4.69) is 5.10 Å². The highest BCUT2D eigenvalue weighted by atomic mass is 16.6. The van der Waals surface area contributed by atoms with Crippen molar-refractivity contribution in [1.29, 1.82) is 0 Å². The molecule has 0 saturated heterocycles. The van der Waals surface area contributed by atoms with Gasteiger partial charge in [-0.05, 0) is 58.0 Å². The van der Waals surface area contributed by atoms with Gasteiger partial charge in [-0.2, -0.15) is 5.10 Å². The second kappa shape index (κ2) is 9.69. The number of Topliss-reactive ketones (excluding diaryl/α,β-unsaturated/α-hetero) is 1. The lowest BCUT2D eigenvalue weighted by atomic mass is 10.1. The lowest BCUT2D eigenvalue weighted by Gasteiger charge is -2.11. The molecule has 0 unspecified atom stereocenters. The van der Waals surface area contributed by atoms with E-state index in [1.54, 1.807) is 37.3 Å². The Morgan fingerprint density at radius 1 is 1.06 bits per heavy atom. The van der Waals surface area contributed by atoms with Crippen LogP contribution < -0.4 is 0 Å². The quantitative estimate of drug-likeness (QED) is 0.213. The zero-order valence-electron chi connectivity index (χ0n) is 19.4. The van der Waals surface area contributed by atoms with Gasteiger partial charge in [-0.1, -0.05) is 0 Å². The molecule has 0 amide bonds. The Hall–Kier alpha value is -4.28. The number of carbonyl (C=O) groups excluding carboxylic acids is 3. The highest BCUT2D eigenvalue weighted by Gasteiger charge is 2.24. The highest BCUT2D eigenvalue weighted by Crippen LogP contribution is 2.23. The molecule has 3 aromatic rings. The minimum absolute atomic E-state index is 0.157. The number of benzene rings is 1. The summed E-state index contributed by atoms with van der Waals surface area (Å²) in [6.45, 7) is 5.74. The van der Waals surface area contributed by atoms with E-state index >= 15 is 0 Å². The van der Waals surface area contributed by atoms with Crippen LogP contribution in [-0.2, 0) is 20.8 Å². The van der Waals surface area contributed by atoms with E-state index in [1.807, 2.05) is 11.5 Å². The smallest absolute Gasteiger partial charge is 0.337 e. The van der Waals surface area contributed by atoms with Crippen LogP contribution in [0.15, 0.2) is 30.3 Å². The van der Waals surface area contributed by atoms with Gasteiger partial charge in [0.1, 0.15) is 17.9 Å². The fraction of sp³-hybridized carbons (Fsp3) is 0.304. The van der Waals surface area contributed by atoms with Gasteiger partial charge in [0.2, 0.25) is 5.78 Å². The summed E-state index contributed by atoms with van der Waals surface area (Å²) in [5.74, 6) is -1.57. The van der Waals surface area contributed by atoms with Crippen molar-refractivity contribution < 1.29 is 28.8 Å². The predicted octanol–water partition coefficient (Wildman–Crippen LogP) is 3.03. The number of carbonyl (C=O) groups is 3. The minimum atomic E-state index is -0.735. The minimum Gasteiger partial charge on any atom is -0.465 e. The van der Waals surface area contributed by atoms with Gasteiger partial charge >= 0.3 is 17.6 Å². The van der Waals surface area contributed by atoms with Crippen LogP contribution in [0.1, 0.15) is 43.5 Å². The zero-order chi connectivity index (χ0) is 25.2. The summed E-state index contributed by atoms with van der Waals surface area (Å²) in [6.07, 6.45) is 0. The summed E-state index contributed by atoms with van der Waals surface area (Å²) in [5.41, 5.74) is 3.26. The van der Waals surface area contributed by atoms with Gasteiger partial charge in [0, 0.05) is 22.6 Å². The molecule has 0 aliphatic carbocycles. The normalized spacial score (nSPS) is 10.7. The third-order valence-corrected chi connectivity index (χ3v) is 5.45. The first kappa shape index (κ1) is 24.4. The predicted molar refractivity (Wildman–Crippen MR) is 120 cm³/mol. The Balaban J connectivity index is 1.70. The van der Waals surface area contributed by atoms with Crippen LogP contribution in [0, 0.1) is 37.8 Å². The third-order valence-electron chi connectivity index (χ3n) is 5.45.